The van der Waals surface area contributed by atoms with Gasteiger partial charge in [0.25, 0.3) is 0 Å². The summed E-state index contributed by atoms with van der Waals surface area (Å²) in [5, 5.41) is 2.69. The minimum absolute atomic E-state index is 0.00825. The molecule has 2 aromatic heterocycles. The number of aromatic nitrogens is 2. The van der Waals surface area contributed by atoms with E-state index in [4.69, 9.17) is 4.74 Å². The molecule has 4 heterocycles. The van der Waals surface area contributed by atoms with Crippen molar-refractivity contribution in [1.29, 1.82) is 0 Å². The minimum Gasteiger partial charge on any atom is -0.378 e. The van der Waals surface area contributed by atoms with Gasteiger partial charge in [-0.25, -0.2) is 18.6 Å². The first kappa shape index (κ1) is 24.5. The van der Waals surface area contributed by atoms with Crippen LogP contribution in [0.3, 0.4) is 0 Å². The molecule has 2 saturated heterocycles. The van der Waals surface area contributed by atoms with Gasteiger partial charge in [0.05, 0.1) is 31.1 Å². The molecule has 2 fully saturated rings. The molecule has 0 spiro atoms. The zero-order chi connectivity index (χ0) is 25.6. The highest BCUT2D eigenvalue weighted by atomic mass is 19.1. The molecule has 2 unspecified atom stereocenters. The first-order valence-electron chi connectivity index (χ1n) is 12.4. The summed E-state index contributed by atoms with van der Waals surface area (Å²) in [7, 11) is 0. The minimum atomic E-state index is -1.10. The van der Waals surface area contributed by atoms with Crippen molar-refractivity contribution in [2.75, 3.05) is 49.6 Å². The average molecular weight is 498 g/mol. The van der Waals surface area contributed by atoms with Crippen molar-refractivity contribution < 1.29 is 18.3 Å². The Hall–Kier alpha value is -3.20. The van der Waals surface area contributed by atoms with E-state index in [-0.39, 0.29) is 23.6 Å². The second-order valence-electron chi connectivity index (χ2n) is 10.8. The van der Waals surface area contributed by atoms with Crippen LogP contribution >= 0.6 is 0 Å². The summed E-state index contributed by atoms with van der Waals surface area (Å²) in [6.07, 6.45) is 4.50. The van der Waals surface area contributed by atoms with Crippen molar-refractivity contribution >= 4 is 23.1 Å². The molecule has 2 amide bonds. The summed E-state index contributed by atoms with van der Waals surface area (Å²) in [5.74, 6) is -0.785. The van der Waals surface area contributed by atoms with E-state index in [1.807, 2.05) is 44.5 Å². The van der Waals surface area contributed by atoms with Gasteiger partial charge >= 0.3 is 6.03 Å². The number of carbonyl (C=O) groups excluding carboxylic acids is 1. The Kier molecular flexibility index (Phi) is 6.36. The number of fused-ring (bicyclic) bond motifs is 1. The van der Waals surface area contributed by atoms with Crippen LogP contribution in [0.25, 0.3) is 16.8 Å². The molecule has 36 heavy (non-hydrogen) atoms. The van der Waals surface area contributed by atoms with E-state index in [0.717, 1.165) is 41.1 Å². The van der Waals surface area contributed by atoms with Crippen molar-refractivity contribution in [1.82, 2.24) is 14.3 Å². The van der Waals surface area contributed by atoms with Crippen LogP contribution in [0.1, 0.15) is 26.3 Å². The molecule has 3 aromatic rings. The highest BCUT2D eigenvalue weighted by Gasteiger charge is 2.42. The number of alkyl halides is 1. The van der Waals surface area contributed by atoms with E-state index in [1.54, 1.807) is 12.3 Å². The maximum Gasteiger partial charge on any atom is 0.322 e. The van der Waals surface area contributed by atoms with Crippen LogP contribution < -0.4 is 10.2 Å². The molecule has 1 aromatic carbocycles. The lowest BCUT2D eigenvalue weighted by molar-refractivity contribution is 0.123. The van der Waals surface area contributed by atoms with Crippen molar-refractivity contribution in [3.63, 3.8) is 0 Å². The lowest BCUT2D eigenvalue weighted by Gasteiger charge is -2.29. The van der Waals surface area contributed by atoms with E-state index >= 15 is 0 Å². The number of carbonyl (C=O) groups is 1. The number of nitrogens with zero attached hydrogens (tertiary/aromatic N) is 4. The van der Waals surface area contributed by atoms with Crippen LogP contribution in [0, 0.1) is 24.1 Å². The largest absolute Gasteiger partial charge is 0.378 e. The Morgan fingerprint density at radius 3 is 2.61 bits per heavy atom. The fourth-order valence-corrected chi connectivity index (χ4v) is 5.22. The van der Waals surface area contributed by atoms with Gasteiger partial charge in [0.1, 0.15) is 12.0 Å². The lowest BCUT2D eigenvalue weighted by atomic mass is 9.79. The topological polar surface area (TPSA) is 62.1 Å². The van der Waals surface area contributed by atoms with E-state index in [0.29, 0.717) is 19.8 Å². The Balaban J connectivity index is 1.45. The van der Waals surface area contributed by atoms with Gasteiger partial charge in [-0.2, -0.15) is 0 Å². The number of nitrogens with one attached hydrogen (secondary N) is 1. The third-order valence-corrected chi connectivity index (χ3v) is 7.33. The second kappa shape index (κ2) is 9.35. The predicted octanol–water partition coefficient (Wildman–Crippen LogP) is 5.13. The number of anilines is 2. The predicted molar refractivity (Wildman–Crippen MR) is 137 cm³/mol. The number of pyridine rings is 1. The first-order valence-corrected chi connectivity index (χ1v) is 12.4. The van der Waals surface area contributed by atoms with Gasteiger partial charge in [-0.1, -0.05) is 20.8 Å². The van der Waals surface area contributed by atoms with Gasteiger partial charge in [0, 0.05) is 49.7 Å². The van der Waals surface area contributed by atoms with Crippen LogP contribution in [0.15, 0.2) is 36.8 Å². The zero-order valence-corrected chi connectivity index (χ0v) is 21.2. The monoisotopic (exact) mass is 497 g/mol. The molecule has 2 atom stereocenters. The van der Waals surface area contributed by atoms with Gasteiger partial charge < -0.3 is 24.3 Å². The highest BCUT2D eigenvalue weighted by molar-refractivity contribution is 5.91. The Morgan fingerprint density at radius 1 is 1.17 bits per heavy atom. The Bertz CT molecular complexity index is 1280. The molecule has 9 heteroatoms. The third-order valence-electron chi connectivity index (χ3n) is 7.33. The molecule has 7 nitrogen and oxygen atoms in total. The Morgan fingerprint density at radius 2 is 1.92 bits per heavy atom. The number of rotatable bonds is 3. The van der Waals surface area contributed by atoms with Crippen LogP contribution in [0.2, 0.25) is 0 Å². The van der Waals surface area contributed by atoms with Crippen molar-refractivity contribution in [2.45, 2.75) is 33.9 Å². The number of hydrogen-bond acceptors (Lipinski definition) is 4. The number of benzene rings is 1. The van der Waals surface area contributed by atoms with Gasteiger partial charge in [-0.05, 0) is 41.7 Å². The summed E-state index contributed by atoms with van der Waals surface area (Å²) in [5.41, 5.74) is 4.07. The number of halogens is 2. The summed E-state index contributed by atoms with van der Waals surface area (Å²) < 4.78 is 37.1. The molecule has 192 valence electrons. The fourth-order valence-electron chi connectivity index (χ4n) is 5.22. The molecule has 0 aliphatic carbocycles. The van der Waals surface area contributed by atoms with Gasteiger partial charge in [-0.15, -0.1) is 0 Å². The summed E-state index contributed by atoms with van der Waals surface area (Å²) >= 11 is 0. The van der Waals surface area contributed by atoms with Crippen LogP contribution in [0.5, 0.6) is 0 Å². The summed E-state index contributed by atoms with van der Waals surface area (Å²) in [6.45, 7) is 10.9. The molecule has 0 radical (unpaired) electrons. The number of imidazole rings is 1. The van der Waals surface area contributed by atoms with Crippen molar-refractivity contribution in [2.24, 2.45) is 11.3 Å². The molecular formula is C27H33F2N5O2. The lowest BCUT2D eigenvalue weighted by Crippen LogP contribution is -2.36. The normalized spacial score (nSPS) is 20.8. The fraction of sp³-hybridized carbons (Fsp3) is 0.481. The van der Waals surface area contributed by atoms with E-state index in [2.05, 4.69) is 21.3 Å². The molecule has 0 saturated carbocycles. The number of morpholine rings is 1. The number of hydrogen-bond donors (Lipinski definition) is 1. The first-order chi connectivity index (χ1) is 17.1. The van der Waals surface area contributed by atoms with E-state index in [9.17, 15) is 13.6 Å². The average Bonchev–Trinajstić information content (AvgIpc) is 3.47. The van der Waals surface area contributed by atoms with E-state index in [1.165, 1.54) is 11.0 Å². The van der Waals surface area contributed by atoms with Crippen molar-refractivity contribution in [3.8, 4) is 11.1 Å². The molecule has 0 bridgehead atoms. The number of amides is 2. The molecule has 5 rings (SSSR count). The zero-order valence-electron chi connectivity index (χ0n) is 21.2. The van der Waals surface area contributed by atoms with Gasteiger partial charge in [-0.3, -0.25) is 0 Å². The molecule has 1 N–H and O–H groups in total. The Labute approximate surface area is 210 Å². The SMILES string of the molecule is Cc1cc(F)c(NC(=O)N2CC(F)C(C(C)(C)C)C2)cc1-c1cc(N2CCOCC2)c2nccn2c1. The van der Waals surface area contributed by atoms with E-state index < -0.39 is 18.0 Å². The highest BCUT2D eigenvalue weighted by Crippen LogP contribution is 2.37. The third kappa shape index (κ3) is 4.64. The summed E-state index contributed by atoms with van der Waals surface area (Å²) in [6, 6.07) is 4.66. The molecule has 2 aliphatic heterocycles. The number of ether oxygens (including phenoxy) is 1. The van der Waals surface area contributed by atoms with Gasteiger partial charge in [0.15, 0.2) is 5.65 Å². The van der Waals surface area contributed by atoms with Crippen LogP contribution in [0.4, 0.5) is 25.0 Å². The molecular weight excluding hydrogens is 464 g/mol. The maximum atomic E-state index is 15.0. The smallest absolute Gasteiger partial charge is 0.322 e. The standard InChI is InChI=1S/C27H33F2N5O2/c1-17-11-21(28)23(31-26(35)34-15-20(22(29)16-34)27(2,3)4)13-19(17)18-12-24(32-7-9-36-10-8-32)25-30-5-6-33(25)14-18/h5-6,11-14,20,22H,7-10,15-16H2,1-4H3,(H,31,35). The maximum absolute atomic E-state index is 15.0. The van der Waals surface area contributed by atoms with Crippen LogP contribution in [-0.2, 0) is 4.74 Å². The number of urea groups is 1. The molecule has 2 aliphatic rings. The second-order valence-corrected chi connectivity index (χ2v) is 10.8. The summed E-state index contributed by atoms with van der Waals surface area (Å²) in [4.78, 5) is 21.2. The number of aryl methyl sites for hydroxylation is 1. The van der Waals surface area contributed by atoms with Gasteiger partial charge in [0.2, 0.25) is 0 Å². The quantitative estimate of drug-likeness (QED) is 0.545. The van der Waals surface area contributed by atoms with Crippen LogP contribution in [-0.4, -0.2) is 65.9 Å². The number of likely N-dealkylation sites (tertiary alicyclic amines) is 1. The van der Waals surface area contributed by atoms with Crippen molar-refractivity contribution in [3.05, 3.63) is 48.2 Å².